The van der Waals surface area contributed by atoms with Crippen LogP contribution in [0.15, 0.2) is 23.1 Å². The summed E-state index contributed by atoms with van der Waals surface area (Å²) in [6, 6.07) is 5.70. The summed E-state index contributed by atoms with van der Waals surface area (Å²) in [7, 11) is 0. The fraction of sp³-hybridized carbons (Fsp3) is 0.462. The first-order valence-corrected chi connectivity index (χ1v) is 6.65. The van der Waals surface area contributed by atoms with E-state index in [0.717, 1.165) is 0 Å². The molecule has 1 aromatic rings. The number of carbonyl (C=O) groups is 1. The molecule has 0 saturated carbocycles. The number of esters is 1. The van der Waals surface area contributed by atoms with Gasteiger partial charge in [-0.15, -0.1) is 11.8 Å². The Balaban J connectivity index is 2.55. The largest absolute Gasteiger partial charge is 0.465 e. The summed E-state index contributed by atoms with van der Waals surface area (Å²) >= 11 is 1.60. The minimum absolute atomic E-state index is 0.328. The van der Waals surface area contributed by atoms with E-state index in [1.54, 1.807) is 18.7 Å². The van der Waals surface area contributed by atoms with E-state index in [9.17, 15) is 4.79 Å². The van der Waals surface area contributed by atoms with E-state index in [-0.39, 0.29) is 5.97 Å². The van der Waals surface area contributed by atoms with Crippen molar-refractivity contribution < 1.29 is 9.53 Å². The lowest BCUT2D eigenvalue weighted by molar-refractivity contribution is -0.144. The average Bonchev–Trinajstić information content (AvgIpc) is 2.30. The lowest BCUT2D eigenvalue weighted by Gasteiger charge is -2.11. The van der Waals surface area contributed by atoms with Gasteiger partial charge in [-0.25, -0.2) is 0 Å². The highest BCUT2D eigenvalue weighted by molar-refractivity contribution is 7.99. The molecule has 0 radical (unpaired) electrons. The van der Waals surface area contributed by atoms with Gasteiger partial charge in [-0.1, -0.05) is 17.7 Å². The summed E-state index contributed by atoms with van der Waals surface area (Å²) in [5.74, 6) is 0.216. The number of thioether (sulfide) groups is 1. The number of hydrogen-bond acceptors (Lipinski definition) is 4. The maximum Gasteiger partial charge on any atom is 0.323 e. The van der Waals surface area contributed by atoms with Crippen LogP contribution in [-0.4, -0.2) is 24.4 Å². The molecule has 3 nitrogen and oxygen atoms in total. The third kappa shape index (κ3) is 4.40. The first-order valence-electron chi connectivity index (χ1n) is 5.67. The van der Waals surface area contributed by atoms with Crippen molar-refractivity contribution in [2.75, 3.05) is 12.4 Å². The molecule has 1 rings (SSSR count). The molecule has 0 aromatic heterocycles. The molecule has 0 saturated heterocycles. The van der Waals surface area contributed by atoms with Crippen molar-refractivity contribution in [3.63, 3.8) is 0 Å². The van der Waals surface area contributed by atoms with Gasteiger partial charge in [0.15, 0.2) is 0 Å². The number of benzene rings is 1. The molecule has 4 heteroatoms. The normalized spacial score (nSPS) is 12.2. The van der Waals surface area contributed by atoms with Crippen LogP contribution in [0.1, 0.15) is 18.1 Å². The van der Waals surface area contributed by atoms with E-state index in [4.69, 9.17) is 10.5 Å². The Labute approximate surface area is 107 Å². The fourth-order valence-electron chi connectivity index (χ4n) is 1.36. The van der Waals surface area contributed by atoms with Crippen LogP contribution >= 0.6 is 11.8 Å². The fourth-order valence-corrected chi connectivity index (χ4v) is 2.42. The predicted octanol–water partition coefficient (Wildman–Crippen LogP) is 2.29. The molecule has 0 spiro atoms. The van der Waals surface area contributed by atoms with Gasteiger partial charge < -0.3 is 10.5 Å². The van der Waals surface area contributed by atoms with Crippen molar-refractivity contribution in [1.29, 1.82) is 0 Å². The Morgan fingerprint density at radius 3 is 2.82 bits per heavy atom. The topological polar surface area (TPSA) is 52.3 Å². The highest BCUT2D eigenvalue weighted by Crippen LogP contribution is 2.23. The molecule has 0 aliphatic heterocycles. The van der Waals surface area contributed by atoms with Gasteiger partial charge in [0.1, 0.15) is 6.04 Å². The molecule has 1 aromatic carbocycles. The van der Waals surface area contributed by atoms with Gasteiger partial charge in [-0.2, -0.15) is 0 Å². The van der Waals surface area contributed by atoms with Gasteiger partial charge in [0.05, 0.1) is 6.61 Å². The van der Waals surface area contributed by atoms with Crippen LogP contribution in [-0.2, 0) is 9.53 Å². The van der Waals surface area contributed by atoms with Gasteiger partial charge in [0.25, 0.3) is 0 Å². The summed E-state index contributed by atoms with van der Waals surface area (Å²) < 4.78 is 4.87. The van der Waals surface area contributed by atoms with Crippen LogP contribution < -0.4 is 5.73 Å². The third-order valence-corrected chi connectivity index (χ3v) is 3.63. The highest BCUT2D eigenvalue weighted by Gasteiger charge is 2.15. The van der Waals surface area contributed by atoms with Crippen LogP contribution in [0.3, 0.4) is 0 Å². The Hall–Kier alpha value is -1.00. The van der Waals surface area contributed by atoms with Crippen molar-refractivity contribution >= 4 is 17.7 Å². The van der Waals surface area contributed by atoms with Crippen molar-refractivity contribution in [1.82, 2.24) is 0 Å². The zero-order valence-electron chi connectivity index (χ0n) is 10.5. The molecular weight excluding hydrogens is 234 g/mol. The smallest absolute Gasteiger partial charge is 0.323 e. The molecule has 0 fully saturated rings. The Bertz CT molecular complexity index is 393. The Morgan fingerprint density at radius 2 is 2.18 bits per heavy atom. The second-order valence-electron chi connectivity index (χ2n) is 3.94. The van der Waals surface area contributed by atoms with E-state index in [1.165, 1.54) is 16.0 Å². The minimum Gasteiger partial charge on any atom is -0.465 e. The summed E-state index contributed by atoms with van der Waals surface area (Å²) in [5.41, 5.74) is 8.16. The molecule has 0 bridgehead atoms. The molecule has 1 unspecified atom stereocenters. The zero-order chi connectivity index (χ0) is 12.8. The van der Waals surface area contributed by atoms with E-state index in [1.807, 2.05) is 0 Å². The number of rotatable bonds is 5. The van der Waals surface area contributed by atoms with Gasteiger partial charge >= 0.3 is 5.97 Å². The van der Waals surface area contributed by atoms with Gasteiger partial charge in [0.2, 0.25) is 0 Å². The Kier molecular flexibility index (Phi) is 5.51. The van der Waals surface area contributed by atoms with Gasteiger partial charge in [-0.3, -0.25) is 4.79 Å². The third-order valence-electron chi connectivity index (χ3n) is 2.35. The van der Waals surface area contributed by atoms with Gasteiger partial charge in [0, 0.05) is 10.6 Å². The molecule has 1 atom stereocenters. The number of nitrogens with two attached hydrogens (primary N) is 1. The van der Waals surface area contributed by atoms with Crippen LogP contribution in [0.4, 0.5) is 0 Å². The van der Waals surface area contributed by atoms with Crippen LogP contribution in [0.2, 0.25) is 0 Å². The summed E-state index contributed by atoms with van der Waals surface area (Å²) in [6.45, 7) is 6.26. The summed E-state index contributed by atoms with van der Waals surface area (Å²) in [4.78, 5) is 12.5. The summed E-state index contributed by atoms with van der Waals surface area (Å²) in [5, 5.41) is 0. The SMILES string of the molecule is CCOC(=O)C(N)CSc1cc(C)ccc1C. The van der Waals surface area contributed by atoms with Gasteiger partial charge in [-0.05, 0) is 32.4 Å². The van der Waals surface area contributed by atoms with E-state index >= 15 is 0 Å². The monoisotopic (exact) mass is 253 g/mol. The molecule has 94 valence electrons. The number of hydrogen-bond donors (Lipinski definition) is 1. The maximum atomic E-state index is 11.4. The van der Waals surface area contributed by atoms with Crippen molar-refractivity contribution in [2.24, 2.45) is 5.73 Å². The highest BCUT2D eigenvalue weighted by atomic mass is 32.2. The average molecular weight is 253 g/mol. The molecule has 0 aliphatic carbocycles. The number of aryl methyl sites for hydroxylation is 2. The number of carbonyl (C=O) groups excluding carboxylic acids is 1. The molecule has 0 heterocycles. The molecule has 2 N–H and O–H groups in total. The molecule has 17 heavy (non-hydrogen) atoms. The molecular formula is C13H19NO2S. The summed E-state index contributed by atoms with van der Waals surface area (Å²) in [6.07, 6.45) is 0. The van der Waals surface area contributed by atoms with E-state index in [0.29, 0.717) is 12.4 Å². The first kappa shape index (κ1) is 14.1. The number of ether oxygens (including phenoxy) is 1. The zero-order valence-corrected chi connectivity index (χ0v) is 11.3. The van der Waals surface area contributed by atoms with E-state index < -0.39 is 6.04 Å². The van der Waals surface area contributed by atoms with Crippen molar-refractivity contribution in [2.45, 2.75) is 31.7 Å². The van der Waals surface area contributed by atoms with Crippen LogP contribution in [0, 0.1) is 13.8 Å². The first-order chi connectivity index (χ1) is 8.04. The standard InChI is InChI=1S/C13H19NO2S/c1-4-16-13(15)11(14)8-17-12-7-9(2)5-6-10(12)3/h5-7,11H,4,8,14H2,1-3H3. The second-order valence-corrected chi connectivity index (χ2v) is 5.00. The molecule has 0 aliphatic rings. The van der Waals surface area contributed by atoms with Crippen LogP contribution in [0.25, 0.3) is 0 Å². The lowest BCUT2D eigenvalue weighted by atomic mass is 10.2. The van der Waals surface area contributed by atoms with E-state index in [2.05, 4.69) is 32.0 Å². The Morgan fingerprint density at radius 1 is 1.47 bits per heavy atom. The lowest BCUT2D eigenvalue weighted by Crippen LogP contribution is -2.34. The van der Waals surface area contributed by atoms with Crippen molar-refractivity contribution in [3.8, 4) is 0 Å². The second kappa shape index (κ2) is 6.67. The van der Waals surface area contributed by atoms with Crippen molar-refractivity contribution in [3.05, 3.63) is 29.3 Å². The maximum absolute atomic E-state index is 11.4. The predicted molar refractivity (Wildman–Crippen MR) is 71.2 cm³/mol. The molecule has 0 amide bonds. The quantitative estimate of drug-likeness (QED) is 0.646. The minimum atomic E-state index is -0.556. The van der Waals surface area contributed by atoms with Crippen LogP contribution in [0.5, 0.6) is 0 Å².